The molecular weight excluding hydrogens is 236 g/mol. The standard InChI is InChI=1S/C16H24N2O/c1-12(2)17-15-5-4-10-18(16(15)19)11-14-8-6-13(3)7-9-14/h6-9,12,15,17H,4-5,10-11H2,1-3H3. The van der Waals surface area contributed by atoms with Gasteiger partial charge in [0, 0.05) is 19.1 Å². The van der Waals surface area contributed by atoms with Crippen LogP contribution in [0.25, 0.3) is 0 Å². The monoisotopic (exact) mass is 260 g/mol. The normalized spacial score (nSPS) is 20.1. The summed E-state index contributed by atoms with van der Waals surface area (Å²) in [5.74, 6) is 0.250. The van der Waals surface area contributed by atoms with E-state index in [2.05, 4.69) is 50.4 Å². The van der Waals surface area contributed by atoms with Crippen LogP contribution in [0.3, 0.4) is 0 Å². The van der Waals surface area contributed by atoms with Gasteiger partial charge in [0.15, 0.2) is 0 Å². The summed E-state index contributed by atoms with van der Waals surface area (Å²) < 4.78 is 0. The van der Waals surface area contributed by atoms with E-state index < -0.39 is 0 Å². The van der Waals surface area contributed by atoms with Gasteiger partial charge in [-0.15, -0.1) is 0 Å². The van der Waals surface area contributed by atoms with Crippen molar-refractivity contribution in [2.75, 3.05) is 6.54 Å². The number of nitrogens with zero attached hydrogens (tertiary/aromatic N) is 1. The van der Waals surface area contributed by atoms with Crippen molar-refractivity contribution in [1.82, 2.24) is 10.2 Å². The second kappa shape index (κ2) is 6.20. The van der Waals surface area contributed by atoms with Crippen LogP contribution in [0.4, 0.5) is 0 Å². The maximum absolute atomic E-state index is 12.4. The lowest BCUT2D eigenvalue weighted by molar-refractivity contribution is -0.136. The number of piperidine rings is 1. The molecule has 1 unspecified atom stereocenters. The van der Waals surface area contributed by atoms with Gasteiger partial charge >= 0.3 is 0 Å². The molecule has 1 atom stereocenters. The minimum absolute atomic E-state index is 0.000742. The van der Waals surface area contributed by atoms with Gasteiger partial charge in [-0.05, 0) is 25.3 Å². The number of rotatable bonds is 4. The number of nitrogens with one attached hydrogen (secondary N) is 1. The molecule has 0 radical (unpaired) electrons. The molecular formula is C16H24N2O. The fraction of sp³-hybridized carbons (Fsp3) is 0.562. The van der Waals surface area contributed by atoms with E-state index in [4.69, 9.17) is 0 Å². The van der Waals surface area contributed by atoms with Crippen LogP contribution in [0.1, 0.15) is 37.8 Å². The van der Waals surface area contributed by atoms with E-state index in [1.165, 1.54) is 11.1 Å². The summed E-state index contributed by atoms with van der Waals surface area (Å²) in [7, 11) is 0. The zero-order valence-electron chi connectivity index (χ0n) is 12.1. The summed E-state index contributed by atoms with van der Waals surface area (Å²) in [4.78, 5) is 14.4. The molecule has 0 spiro atoms. The van der Waals surface area contributed by atoms with Crippen molar-refractivity contribution in [3.05, 3.63) is 35.4 Å². The predicted molar refractivity (Wildman–Crippen MR) is 77.9 cm³/mol. The summed E-state index contributed by atoms with van der Waals surface area (Å²) in [6, 6.07) is 8.79. The van der Waals surface area contributed by atoms with Crippen LogP contribution in [0.2, 0.25) is 0 Å². The number of amides is 1. The van der Waals surface area contributed by atoms with E-state index in [-0.39, 0.29) is 11.9 Å². The Balaban J connectivity index is 1.99. The number of benzene rings is 1. The van der Waals surface area contributed by atoms with Crippen molar-refractivity contribution in [2.45, 2.75) is 52.2 Å². The number of hydrogen-bond donors (Lipinski definition) is 1. The molecule has 1 aliphatic heterocycles. The van der Waals surface area contributed by atoms with Gasteiger partial charge in [-0.1, -0.05) is 43.7 Å². The molecule has 0 aliphatic carbocycles. The second-order valence-electron chi connectivity index (χ2n) is 5.76. The topological polar surface area (TPSA) is 32.3 Å². The maximum Gasteiger partial charge on any atom is 0.240 e. The Labute approximate surface area is 116 Å². The first kappa shape index (κ1) is 14.1. The van der Waals surface area contributed by atoms with Crippen LogP contribution in [0.5, 0.6) is 0 Å². The molecule has 19 heavy (non-hydrogen) atoms. The molecule has 3 nitrogen and oxygen atoms in total. The van der Waals surface area contributed by atoms with Gasteiger partial charge in [-0.2, -0.15) is 0 Å². The number of carbonyl (C=O) groups excluding carboxylic acids is 1. The van der Waals surface area contributed by atoms with Gasteiger partial charge in [0.1, 0.15) is 0 Å². The molecule has 3 heteroatoms. The van der Waals surface area contributed by atoms with Crippen LogP contribution < -0.4 is 5.32 Å². The number of aryl methyl sites for hydroxylation is 1. The van der Waals surface area contributed by atoms with Gasteiger partial charge in [0.05, 0.1) is 6.04 Å². The molecule has 104 valence electrons. The van der Waals surface area contributed by atoms with Crippen LogP contribution >= 0.6 is 0 Å². The molecule has 1 aliphatic rings. The quantitative estimate of drug-likeness (QED) is 0.902. The third-order valence-electron chi connectivity index (χ3n) is 3.56. The van der Waals surface area contributed by atoms with Gasteiger partial charge in [0.25, 0.3) is 0 Å². The minimum atomic E-state index is -0.000742. The Morgan fingerprint density at radius 1 is 1.32 bits per heavy atom. The van der Waals surface area contributed by atoms with Crippen LogP contribution in [0, 0.1) is 6.92 Å². The fourth-order valence-corrected chi connectivity index (χ4v) is 2.57. The zero-order valence-corrected chi connectivity index (χ0v) is 12.1. The highest BCUT2D eigenvalue weighted by Crippen LogP contribution is 2.16. The molecule has 1 aromatic carbocycles. The zero-order chi connectivity index (χ0) is 13.8. The minimum Gasteiger partial charge on any atom is -0.337 e. The second-order valence-corrected chi connectivity index (χ2v) is 5.76. The molecule has 2 rings (SSSR count). The van der Waals surface area contributed by atoms with Crippen molar-refractivity contribution in [2.24, 2.45) is 0 Å². The molecule has 1 amide bonds. The van der Waals surface area contributed by atoms with Gasteiger partial charge in [-0.3, -0.25) is 4.79 Å². The molecule has 0 bridgehead atoms. The highest BCUT2D eigenvalue weighted by molar-refractivity contribution is 5.82. The van der Waals surface area contributed by atoms with Crippen LogP contribution in [-0.2, 0) is 11.3 Å². The van der Waals surface area contributed by atoms with Crippen molar-refractivity contribution in [1.29, 1.82) is 0 Å². The van der Waals surface area contributed by atoms with Crippen molar-refractivity contribution < 1.29 is 4.79 Å². The average Bonchev–Trinajstić information content (AvgIpc) is 2.36. The lowest BCUT2D eigenvalue weighted by atomic mass is 10.0. The molecule has 1 N–H and O–H groups in total. The van der Waals surface area contributed by atoms with E-state index in [0.717, 1.165) is 25.9 Å². The Morgan fingerprint density at radius 2 is 2.00 bits per heavy atom. The van der Waals surface area contributed by atoms with E-state index >= 15 is 0 Å². The Kier molecular flexibility index (Phi) is 4.59. The SMILES string of the molecule is Cc1ccc(CN2CCCC(NC(C)C)C2=O)cc1. The summed E-state index contributed by atoms with van der Waals surface area (Å²) in [6.07, 6.45) is 2.05. The first-order valence-electron chi connectivity index (χ1n) is 7.16. The van der Waals surface area contributed by atoms with Crippen molar-refractivity contribution >= 4 is 5.91 Å². The maximum atomic E-state index is 12.4. The lowest BCUT2D eigenvalue weighted by Gasteiger charge is -2.33. The van der Waals surface area contributed by atoms with E-state index in [0.29, 0.717) is 6.04 Å². The Morgan fingerprint density at radius 3 is 2.63 bits per heavy atom. The smallest absolute Gasteiger partial charge is 0.240 e. The highest BCUT2D eigenvalue weighted by atomic mass is 16.2. The first-order chi connectivity index (χ1) is 9.06. The molecule has 1 saturated heterocycles. The summed E-state index contributed by atoms with van der Waals surface area (Å²) in [5.41, 5.74) is 2.47. The van der Waals surface area contributed by atoms with E-state index in [1.54, 1.807) is 0 Å². The third kappa shape index (κ3) is 3.80. The van der Waals surface area contributed by atoms with Gasteiger partial charge in [-0.25, -0.2) is 0 Å². The largest absolute Gasteiger partial charge is 0.337 e. The summed E-state index contributed by atoms with van der Waals surface area (Å²) >= 11 is 0. The van der Waals surface area contributed by atoms with Gasteiger partial charge < -0.3 is 10.2 Å². The predicted octanol–water partition coefficient (Wildman–Crippen LogP) is 2.48. The Bertz CT molecular complexity index is 425. The molecule has 1 fully saturated rings. The van der Waals surface area contributed by atoms with Crippen LogP contribution in [0.15, 0.2) is 24.3 Å². The molecule has 1 aromatic rings. The summed E-state index contributed by atoms with van der Waals surface area (Å²) in [5, 5.41) is 3.37. The van der Waals surface area contributed by atoms with Crippen molar-refractivity contribution in [3.8, 4) is 0 Å². The Hall–Kier alpha value is -1.35. The number of carbonyl (C=O) groups is 1. The summed E-state index contributed by atoms with van der Waals surface area (Å²) in [6.45, 7) is 7.87. The third-order valence-corrected chi connectivity index (χ3v) is 3.56. The number of likely N-dealkylation sites (tertiary alicyclic amines) is 1. The molecule has 1 heterocycles. The molecule has 0 aromatic heterocycles. The average molecular weight is 260 g/mol. The van der Waals surface area contributed by atoms with Gasteiger partial charge in [0.2, 0.25) is 5.91 Å². The van der Waals surface area contributed by atoms with Crippen molar-refractivity contribution in [3.63, 3.8) is 0 Å². The van der Waals surface area contributed by atoms with E-state index in [9.17, 15) is 4.79 Å². The fourth-order valence-electron chi connectivity index (χ4n) is 2.57. The van der Waals surface area contributed by atoms with Crippen LogP contribution in [-0.4, -0.2) is 29.4 Å². The van der Waals surface area contributed by atoms with E-state index in [1.807, 2.05) is 4.90 Å². The highest BCUT2D eigenvalue weighted by Gasteiger charge is 2.28. The number of hydrogen-bond acceptors (Lipinski definition) is 2. The lowest BCUT2D eigenvalue weighted by Crippen LogP contribution is -2.51. The molecule has 0 saturated carbocycles. The first-order valence-corrected chi connectivity index (χ1v) is 7.16.